The summed E-state index contributed by atoms with van der Waals surface area (Å²) >= 11 is 1.43. The van der Waals surface area contributed by atoms with Gasteiger partial charge in [-0.2, -0.15) is 13.2 Å². The molecule has 6 rings (SSSR count). The van der Waals surface area contributed by atoms with Gasteiger partial charge < -0.3 is 19.8 Å². The van der Waals surface area contributed by atoms with E-state index in [-0.39, 0.29) is 6.04 Å². The number of ether oxygens (including phenoxy) is 1. The van der Waals surface area contributed by atoms with Crippen molar-refractivity contribution >= 4 is 33.3 Å². The van der Waals surface area contributed by atoms with E-state index in [2.05, 4.69) is 26.7 Å². The molecule has 5 aromatic rings. The number of carbonyl (C=O) groups is 1. The second-order valence-corrected chi connectivity index (χ2v) is 12.6. The van der Waals surface area contributed by atoms with Crippen molar-refractivity contribution in [3.05, 3.63) is 84.6 Å². The van der Waals surface area contributed by atoms with E-state index in [0.29, 0.717) is 35.0 Å². The summed E-state index contributed by atoms with van der Waals surface area (Å²) in [7, 11) is 0. The molecule has 43 heavy (non-hydrogen) atoms. The highest BCUT2D eigenvalue weighted by Crippen LogP contribution is 2.45. The van der Waals surface area contributed by atoms with Crippen LogP contribution in [0.3, 0.4) is 0 Å². The number of hydrogen-bond donors (Lipinski definition) is 2. The number of halogens is 3. The van der Waals surface area contributed by atoms with Crippen molar-refractivity contribution in [1.82, 2.24) is 20.3 Å². The van der Waals surface area contributed by atoms with Gasteiger partial charge in [0, 0.05) is 17.8 Å². The van der Waals surface area contributed by atoms with Crippen LogP contribution in [0.2, 0.25) is 0 Å². The molecule has 1 unspecified atom stereocenters. The third kappa shape index (κ3) is 6.34. The first-order chi connectivity index (χ1) is 20.4. The number of thiazole rings is 1. The molecular weight excluding hydrogens is 579 g/mol. The van der Waals surface area contributed by atoms with Gasteiger partial charge in [-0.15, -0.1) is 0 Å². The number of fused-ring (bicyclic) bond motifs is 1. The van der Waals surface area contributed by atoms with Crippen LogP contribution in [0.1, 0.15) is 38.3 Å². The number of anilines is 1. The Bertz CT molecular complexity index is 1760. The molecule has 2 atom stereocenters. The molecule has 2 N–H and O–H groups in total. The number of rotatable bonds is 7. The smallest absolute Gasteiger partial charge is 0.416 e. The maximum absolute atomic E-state index is 13.1. The quantitative estimate of drug-likeness (QED) is 0.195. The first kappa shape index (κ1) is 28.7. The Hall–Kier alpha value is -4.45. The molecule has 1 amide bonds. The van der Waals surface area contributed by atoms with Crippen molar-refractivity contribution in [3.63, 3.8) is 0 Å². The van der Waals surface area contributed by atoms with Gasteiger partial charge in [0.25, 0.3) is 0 Å². The summed E-state index contributed by atoms with van der Waals surface area (Å²) in [6.07, 6.45) is 2.27. The third-order valence-corrected chi connectivity index (χ3v) is 8.16. The summed E-state index contributed by atoms with van der Waals surface area (Å²) in [4.78, 5) is 26.8. The van der Waals surface area contributed by atoms with Crippen molar-refractivity contribution in [2.75, 3.05) is 5.32 Å². The maximum atomic E-state index is 13.1. The van der Waals surface area contributed by atoms with Crippen LogP contribution >= 0.6 is 11.3 Å². The number of oxazole rings is 1. The number of alkyl halides is 3. The minimum Gasteiger partial charge on any atom is -0.444 e. The fourth-order valence-corrected chi connectivity index (χ4v) is 6.02. The fraction of sp³-hybridized carbons (Fsp3) is 0.290. The summed E-state index contributed by atoms with van der Waals surface area (Å²) in [6, 6.07) is 12.7. The molecule has 2 aromatic carbocycles. The summed E-state index contributed by atoms with van der Waals surface area (Å²) in [5.41, 5.74) is -0.0288. The number of aromatic nitrogens is 3. The molecule has 1 fully saturated rings. The average molecular weight is 608 g/mol. The Labute approximate surface area is 249 Å². The molecule has 0 saturated heterocycles. The van der Waals surface area contributed by atoms with Crippen LogP contribution in [0.15, 0.2) is 77.9 Å². The van der Waals surface area contributed by atoms with Gasteiger partial charge in [0.2, 0.25) is 0 Å². The molecule has 1 saturated carbocycles. The molecule has 8 nitrogen and oxygen atoms in total. The first-order valence-corrected chi connectivity index (χ1v) is 14.4. The topological polar surface area (TPSA) is 102 Å². The van der Waals surface area contributed by atoms with Crippen LogP contribution in [0.25, 0.3) is 32.7 Å². The minimum absolute atomic E-state index is 0.258. The number of nitrogens with zero attached hydrogens (tertiary/aromatic N) is 3. The second kappa shape index (κ2) is 10.7. The summed E-state index contributed by atoms with van der Waals surface area (Å²) in [6.45, 7) is 5.30. The van der Waals surface area contributed by atoms with Gasteiger partial charge in [0.05, 0.1) is 28.2 Å². The van der Waals surface area contributed by atoms with Gasteiger partial charge in [-0.05, 0) is 74.4 Å². The summed E-state index contributed by atoms with van der Waals surface area (Å²) in [5, 5.41) is 9.06. The van der Waals surface area contributed by atoms with E-state index in [0.717, 1.165) is 33.3 Å². The monoisotopic (exact) mass is 607 g/mol. The predicted molar refractivity (Wildman–Crippen MR) is 158 cm³/mol. The van der Waals surface area contributed by atoms with E-state index in [1.165, 1.54) is 29.9 Å². The van der Waals surface area contributed by atoms with E-state index >= 15 is 0 Å². The zero-order valence-corrected chi connectivity index (χ0v) is 24.3. The highest BCUT2D eigenvalue weighted by molar-refractivity contribution is 7.19. The molecular formula is C31H28F3N5O3S. The van der Waals surface area contributed by atoms with Gasteiger partial charge in [0.15, 0.2) is 17.3 Å². The lowest BCUT2D eigenvalue weighted by Gasteiger charge is -2.24. The van der Waals surface area contributed by atoms with Crippen LogP contribution < -0.4 is 10.6 Å². The number of amides is 1. The molecule has 0 radical (unpaired) electrons. The van der Waals surface area contributed by atoms with E-state index in [4.69, 9.17) is 14.1 Å². The Morgan fingerprint density at radius 3 is 2.56 bits per heavy atom. The Morgan fingerprint density at radius 2 is 1.86 bits per heavy atom. The van der Waals surface area contributed by atoms with Crippen LogP contribution in [0, 0.1) is 0 Å². The predicted octanol–water partition coefficient (Wildman–Crippen LogP) is 7.72. The highest BCUT2D eigenvalue weighted by Gasteiger charge is 2.56. The van der Waals surface area contributed by atoms with E-state index < -0.39 is 29.0 Å². The van der Waals surface area contributed by atoms with E-state index in [1.807, 2.05) is 18.2 Å². The lowest BCUT2D eigenvalue weighted by molar-refractivity contribution is -0.137. The van der Waals surface area contributed by atoms with Gasteiger partial charge in [-0.3, -0.25) is 4.98 Å². The number of alkyl carbamates (subject to hydrolysis) is 1. The van der Waals surface area contributed by atoms with E-state index in [9.17, 15) is 18.0 Å². The third-order valence-electron chi connectivity index (χ3n) is 7.12. The lowest BCUT2D eigenvalue weighted by Crippen LogP contribution is -2.45. The van der Waals surface area contributed by atoms with Crippen molar-refractivity contribution in [2.24, 2.45) is 0 Å². The lowest BCUT2D eigenvalue weighted by atomic mass is 10.0. The SMILES string of the molecule is CC(C)(C)OC(=O)NC1(Cc2ccc(C(F)(F)F)cc2)C[C@H]1Nc1nc(-c2cnco2)c(-c2ccc3cnccc3c2)s1. The zero-order chi connectivity index (χ0) is 30.4. The molecule has 12 heteroatoms. The second-order valence-electron chi connectivity index (χ2n) is 11.6. The number of benzene rings is 2. The molecule has 0 spiro atoms. The minimum atomic E-state index is -4.43. The fourth-order valence-electron chi connectivity index (χ4n) is 5.01. The molecule has 1 aliphatic carbocycles. The molecule has 3 heterocycles. The number of pyridine rings is 1. The van der Waals surface area contributed by atoms with Gasteiger partial charge >= 0.3 is 12.3 Å². The van der Waals surface area contributed by atoms with Crippen molar-refractivity contribution in [3.8, 4) is 21.9 Å². The van der Waals surface area contributed by atoms with Crippen molar-refractivity contribution in [1.29, 1.82) is 0 Å². The molecule has 222 valence electrons. The Kier molecular flexibility index (Phi) is 7.11. The largest absolute Gasteiger partial charge is 0.444 e. The van der Waals surface area contributed by atoms with Crippen LogP contribution in [-0.2, 0) is 17.3 Å². The number of carbonyl (C=O) groups excluding carboxylic acids is 1. The maximum Gasteiger partial charge on any atom is 0.416 e. The number of nitrogens with one attached hydrogen (secondary N) is 2. The van der Waals surface area contributed by atoms with Crippen molar-refractivity contribution in [2.45, 2.75) is 57.0 Å². The number of hydrogen-bond acceptors (Lipinski definition) is 8. The highest BCUT2D eigenvalue weighted by atomic mass is 32.1. The van der Waals surface area contributed by atoms with Crippen LogP contribution in [-0.4, -0.2) is 38.2 Å². The van der Waals surface area contributed by atoms with Crippen LogP contribution in [0.5, 0.6) is 0 Å². The Balaban J connectivity index is 1.29. The standard InChI is InChI=1S/C31H28F3N5O3S/c1-29(2,3)42-28(40)39-30(13-18-4-8-22(9-5-18)31(32,33)34)14-24(30)37-27-38-25(23-16-36-17-41-23)26(43-27)20-6-7-21-15-35-11-10-19(21)12-20/h4-12,15-17,24H,13-14H2,1-3H3,(H,37,38)(H,39,40)/t24-,30?/m1/s1. The summed E-state index contributed by atoms with van der Waals surface area (Å²) in [5.74, 6) is 0.507. The average Bonchev–Trinajstić information content (AvgIpc) is 3.29. The van der Waals surface area contributed by atoms with E-state index in [1.54, 1.807) is 39.4 Å². The Morgan fingerprint density at radius 1 is 1.07 bits per heavy atom. The molecule has 0 bridgehead atoms. The molecule has 1 aliphatic rings. The molecule has 0 aliphatic heterocycles. The van der Waals surface area contributed by atoms with Crippen LogP contribution in [0.4, 0.5) is 23.1 Å². The normalized spacial score (nSPS) is 18.4. The first-order valence-electron chi connectivity index (χ1n) is 13.6. The van der Waals surface area contributed by atoms with Gasteiger partial charge in [-0.25, -0.2) is 14.8 Å². The van der Waals surface area contributed by atoms with Gasteiger partial charge in [0.1, 0.15) is 11.3 Å². The van der Waals surface area contributed by atoms with Crippen molar-refractivity contribution < 1.29 is 27.1 Å². The van der Waals surface area contributed by atoms with Gasteiger partial charge in [-0.1, -0.05) is 35.6 Å². The molecule has 3 aromatic heterocycles. The summed E-state index contributed by atoms with van der Waals surface area (Å²) < 4.78 is 50.5. The zero-order valence-electron chi connectivity index (χ0n) is 23.5.